The van der Waals surface area contributed by atoms with E-state index >= 15 is 0 Å². The van der Waals surface area contributed by atoms with Gasteiger partial charge in [-0.2, -0.15) is 0 Å². The van der Waals surface area contributed by atoms with Gasteiger partial charge in [0.2, 0.25) is 0 Å². The molecule has 0 unspecified atom stereocenters. The molecule has 1 heterocycles. The Kier molecular flexibility index (Phi) is 1.83. The molecule has 0 fully saturated rings. The van der Waals surface area contributed by atoms with Crippen molar-refractivity contribution in [3.05, 3.63) is 48.0 Å². The Hall–Kier alpha value is -2.09. The van der Waals surface area contributed by atoms with Crippen molar-refractivity contribution in [2.24, 2.45) is 0 Å². The van der Waals surface area contributed by atoms with Gasteiger partial charge in [0.05, 0.1) is 5.52 Å². The van der Waals surface area contributed by atoms with E-state index in [0.29, 0.717) is 5.82 Å². The minimum Gasteiger partial charge on any atom is -0.383 e. The number of benzene rings is 2. The van der Waals surface area contributed by atoms with Crippen LogP contribution in [0.1, 0.15) is 5.56 Å². The number of rotatable bonds is 0. The van der Waals surface area contributed by atoms with Gasteiger partial charge in [-0.1, -0.05) is 36.4 Å². The SMILES string of the molecule is Cc1cccc2nc(N)c3ccccc3c12. The van der Waals surface area contributed by atoms with Crippen LogP contribution in [0.25, 0.3) is 21.7 Å². The van der Waals surface area contributed by atoms with Gasteiger partial charge in [-0.05, 0) is 23.9 Å². The minimum atomic E-state index is 0.605. The Balaban J connectivity index is 2.67. The molecular weight excluding hydrogens is 196 g/mol. The molecular formula is C14H12N2. The largest absolute Gasteiger partial charge is 0.383 e. The Labute approximate surface area is 93.7 Å². The zero-order valence-electron chi connectivity index (χ0n) is 9.07. The predicted octanol–water partition coefficient (Wildman–Crippen LogP) is 3.28. The quantitative estimate of drug-likeness (QED) is 0.576. The summed E-state index contributed by atoms with van der Waals surface area (Å²) in [6.45, 7) is 2.10. The monoisotopic (exact) mass is 208 g/mol. The normalized spacial score (nSPS) is 11.1. The van der Waals surface area contributed by atoms with Crippen LogP contribution in [0, 0.1) is 6.92 Å². The third-order valence-electron chi connectivity index (χ3n) is 2.96. The number of anilines is 1. The molecule has 2 nitrogen and oxygen atoms in total. The standard InChI is InChI=1S/C14H12N2/c1-9-5-4-8-12-13(9)10-6-2-3-7-11(10)14(15)16-12/h2-8H,1H3,(H2,15,16). The molecule has 3 aromatic rings. The van der Waals surface area contributed by atoms with Crippen molar-refractivity contribution < 1.29 is 0 Å². The summed E-state index contributed by atoms with van der Waals surface area (Å²) in [4.78, 5) is 4.44. The van der Waals surface area contributed by atoms with Crippen LogP contribution in [0.2, 0.25) is 0 Å². The highest BCUT2D eigenvalue weighted by Gasteiger charge is 2.06. The topological polar surface area (TPSA) is 38.9 Å². The first kappa shape index (κ1) is 9.16. The van der Waals surface area contributed by atoms with Crippen molar-refractivity contribution in [3.8, 4) is 0 Å². The summed E-state index contributed by atoms with van der Waals surface area (Å²) in [7, 11) is 0. The lowest BCUT2D eigenvalue weighted by Crippen LogP contribution is -1.94. The van der Waals surface area contributed by atoms with Gasteiger partial charge in [-0.25, -0.2) is 4.98 Å². The number of aryl methyl sites for hydroxylation is 1. The number of aromatic nitrogens is 1. The molecule has 0 aliphatic heterocycles. The lowest BCUT2D eigenvalue weighted by molar-refractivity contribution is 1.42. The third kappa shape index (κ3) is 1.16. The lowest BCUT2D eigenvalue weighted by Gasteiger charge is -2.08. The van der Waals surface area contributed by atoms with E-state index in [1.165, 1.54) is 16.3 Å². The highest BCUT2D eigenvalue weighted by atomic mass is 14.8. The average Bonchev–Trinajstić information content (AvgIpc) is 2.29. The fourth-order valence-corrected chi connectivity index (χ4v) is 2.21. The summed E-state index contributed by atoms with van der Waals surface area (Å²) in [6, 6.07) is 14.3. The molecule has 0 bridgehead atoms. The van der Waals surface area contributed by atoms with Crippen molar-refractivity contribution in [1.29, 1.82) is 0 Å². The van der Waals surface area contributed by atoms with E-state index in [-0.39, 0.29) is 0 Å². The number of hydrogen-bond donors (Lipinski definition) is 1. The molecule has 2 aromatic carbocycles. The van der Waals surface area contributed by atoms with E-state index < -0.39 is 0 Å². The number of nitrogens with two attached hydrogens (primary N) is 1. The summed E-state index contributed by atoms with van der Waals surface area (Å²) in [5.74, 6) is 0.605. The highest BCUT2D eigenvalue weighted by molar-refractivity contribution is 6.10. The zero-order valence-corrected chi connectivity index (χ0v) is 9.07. The molecule has 0 radical (unpaired) electrons. The highest BCUT2D eigenvalue weighted by Crippen LogP contribution is 2.29. The van der Waals surface area contributed by atoms with E-state index in [2.05, 4.69) is 24.0 Å². The summed E-state index contributed by atoms with van der Waals surface area (Å²) >= 11 is 0. The van der Waals surface area contributed by atoms with Crippen LogP contribution in [0.15, 0.2) is 42.5 Å². The molecule has 0 saturated heterocycles. The van der Waals surface area contributed by atoms with E-state index in [4.69, 9.17) is 5.73 Å². The van der Waals surface area contributed by atoms with Crippen molar-refractivity contribution >= 4 is 27.5 Å². The molecule has 0 saturated carbocycles. The van der Waals surface area contributed by atoms with Crippen LogP contribution in [-0.4, -0.2) is 4.98 Å². The first-order chi connectivity index (χ1) is 7.77. The van der Waals surface area contributed by atoms with Crippen LogP contribution in [-0.2, 0) is 0 Å². The number of nitrogens with zero attached hydrogens (tertiary/aromatic N) is 1. The number of nitrogen functional groups attached to an aromatic ring is 1. The molecule has 0 spiro atoms. The van der Waals surface area contributed by atoms with Gasteiger partial charge >= 0.3 is 0 Å². The van der Waals surface area contributed by atoms with Crippen molar-refractivity contribution in [2.75, 3.05) is 5.73 Å². The number of pyridine rings is 1. The maximum atomic E-state index is 5.96. The van der Waals surface area contributed by atoms with Gasteiger partial charge in [0.25, 0.3) is 0 Å². The second-order valence-electron chi connectivity index (χ2n) is 4.01. The molecule has 2 heteroatoms. The fraction of sp³-hybridized carbons (Fsp3) is 0.0714. The molecule has 3 rings (SSSR count). The molecule has 0 amide bonds. The van der Waals surface area contributed by atoms with Crippen LogP contribution in [0.4, 0.5) is 5.82 Å². The van der Waals surface area contributed by atoms with E-state index in [1.54, 1.807) is 0 Å². The predicted molar refractivity (Wildman–Crippen MR) is 68.4 cm³/mol. The van der Waals surface area contributed by atoms with Gasteiger partial charge in [0, 0.05) is 10.8 Å². The van der Waals surface area contributed by atoms with E-state index in [1.807, 2.05) is 30.3 Å². The Morgan fingerprint density at radius 1 is 0.938 bits per heavy atom. The second kappa shape index (κ2) is 3.20. The molecule has 0 aliphatic rings. The van der Waals surface area contributed by atoms with Gasteiger partial charge in [0.15, 0.2) is 0 Å². The average molecular weight is 208 g/mol. The third-order valence-corrected chi connectivity index (χ3v) is 2.96. The van der Waals surface area contributed by atoms with Gasteiger partial charge in [-0.15, -0.1) is 0 Å². The lowest BCUT2D eigenvalue weighted by atomic mass is 10.0. The molecule has 16 heavy (non-hydrogen) atoms. The number of fused-ring (bicyclic) bond motifs is 3. The van der Waals surface area contributed by atoms with Gasteiger partial charge in [-0.3, -0.25) is 0 Å². The Morgan fingerprint density at radius 3 is 2.50 bits per heavy atom. The molecule has 2 N–H and O–H groups in total. The molecule has 78 valence electrons. The zero-order chi connectivity index (χ0) is 11.1. The summed E-state index contributed by atoms with van der Waals surface area (Å²) in [6.07, 6.45) is 0. The minimum absolute atomic E-state index is 0.605. The summed E-state index contributed by atoms with van der Waals surface area (Å²) in [5, 5.41) is 3.42. The Bertz CT molecular complexity index is 687. The molecule has 0 aliphatic carbocycles. The first-order valence-corrected chi connectivity index (χ1v) is 5.31. The first-order valence-electron chi connectivity index (χ1n) is 5.31. The number of hydrogen-bond acceptors (Lipinski definition) is 2. The van der Waals surface area contributed by atoms with Gasteiger partial charge in [0.1, 0.15) is 5.82 Å². The molecule has 1 aromatic heterocycles. The van der Waals surface area contributed by atoms with E-state index in [9.17, 15) is 0 Å². The maximum absolute atomic E-state index is 5.96. The van der Waals surface area contributed by atoms with E-state index in [0.717, 1.165) is 10.9 Å². The maximum Gasteiger partial charge on any atom is 0.131 e. The smallest absolute Gasteiger partial charge is 0.131 e. The molecule has 0 atom stereocenters. The van der Waals surface area contributed by atoms with Crippen LogP contribution < -0.4 is 5.73 Å². The summed E-state index contributed by atoms with van der Waals surface area (Å²) < 4.78 is 0. The summed E-state index contributed by atoms with van der Waals surface area (Å²) in [5.41, 5.74) is 8.17. The van der Waals surface area contributed by atoms with Crippen molar-refractivity contribution in [2.45, 2.75) is 6.92 Å². The second-order valence-corrected chi connectivity index (χ2v) is 4.01. The van der Waals surface area contributed by atoms with Crippen LogP contribution >= 0.6 is 0 Å². The van der Waals surface area contributed by atoms with Crippen LogP contribution in [0.3, 0.4) is 0 Å². The van der Waals surface area contributed by atoms with Crippen molar-refractivity contribution in [3.63, 3.8) is 0 Å². The van der Waals surface area contributed by atoms with Crippen molar-refractivity contribution in [1.82, 2.24) is 4.98 Å². The van der Waals surface area contributed by atoms with Crippen LogP contribution in [0.5, 0.6) is 0 Å². The fourth-order valence-electron chi connectivity index (χ4n) is 2.21. The Morgan fingerprint density at radius 2 is 1.69 bits per heavy atom. The van der Waals surface area contributed by atoms with Gasteiger partial charge < -0.3 is 5.73 Å².